The van der Waals surface area contributed by atoms with Crippen LogP contribution in [0.25, 0.3) is 0 Å². The molecule has 1 saturated heterocycles. The summed E-state index contributed by atoms with van der Waals surface area (Å²) in [6.07, 6.45) is 0.401. The first-order valence-corrected chi connectivity index (χ1v) is 7.66. The first-order valence-electron chi connectivity index (χ1n) is 7.66. The van der Waals surface area contributed by atoms with Crippen LogP contribution in [-0.4, -0.2) is 43.8 Å². The minimum Gasteiger partial charge on any atom is -0.466 e. The Labute approximate surface area is 127 Å². The lowest BCUT2D eigenvalue weighted by Gasteiger charge is -2.35. The maximum absolute atomic E-state index is 12.0. The molecule has 21 heavy (non-hydrogen) atoms. The molecule has 1 unspecified atom stereocenters. The summed E-state index contributed by atoms with van der Waals surface area (Å²) < 4.78 is 10.6. The number of nitrogens with zero attached hydrogens (tertiary/aromatic N) is 1. The van der Waals surface area contributed by atoms with Crippen LogP contribution in [0.3, 0.4) is 0 Å². The first kappa shape index (κ1) is 16.0. The summed E-state index contributed by atoms with van der Waals surface area (Å²) in [6, 6.07) is 6.50. The van der Waals surface area contributed by atoms with Gasteiger partial charge in [0, 0.05) is 19.1 Å². The maximum atomic E-state index is 12.0. The lowest BCUT2D eigenvalue weighted by molar-refractivity contribution is -0.145. The van der Waals surface area contributed by atoms with Crippen LogP contribution in [0.4, 0.5) is 0 Å². The van der Waals surface area contributed by atoms with Gasteiger partial charge in [0.1, 0.15) is 0 Å². The van der Waals surface area contributed by atoms with Crippen molar-refractivity contribution in [2.24, 2.45) is 0 Å². The molecule has 1 heterocycles. The van der Waals surface area contributed by atoms with E-state index >= 15 is 0 Å². The van der Waals surface area contributed by atoms with Crippen LogP contribution in [0.15, 0.2) is 18.2 Å². The quantitative estimate of drug-likeness (QED) is 0.782. The Kier molecular flexibility index (Phi) is 5.76. The Bertz CT molecular complexity index is 481. The zero-order valence-corrected chi connectivity index (χ0v) is 13.2. The molecule has 0 aromatic heterocycles. The number of hydrogen-bond donors (Lipinski definition) is 0. The zero-order chi connectivity index (χ0) is 15.2. The monoisotopic (exact) mass is 291 g/mol. The average Bonchev–Trinajstić information content (AvgIpc) is 2.49. The van der Waals surface area contributed by atoms with Gasteiger partial charge in [0.15, 0.2) is 0 Å². The molecule has 0 bridgehead atoms. The van der Waals surface area contributed by atoms with E-state index in [0.29, 0.717) is 13.0 Å². The third-order valence-corrected chi connectivity index (χ3v) is 3.95. The molecule has 0 amide bonds. The third-order valence-electron chi connectivity index (χ3n) is 3.95. The third kappa shape index (κ3) is 4.29. The van der Waals surface area contributed by atoms with Crippen LogP contribution in [0.1, 0.15) is 36.1 Å². The van der Waals surface area contributed by atoms with Gasteiger partial charge in [-0.3, -0.25) is 9.69 Å². The summed E-state index contributed by atoms with van der Waals surface area (Å²) >= 11 is 0. The van der Waals surface area contributed by atoms with Crippen LogP contribution in [-0.2, 0) is 14.3 Å². The van der Waals surface area contributed by atoms with Gasteiger partial charge in [0.25, 0.3) is 0 Å². The summed E-state index contributed by atoms with van der Waals surface area (Å²) in [7, 11) is 0. The van der Waals surface area contributed by atoms with E-state index in [2.05, 4.69) is 36.9 Å². The molecule has 4 heteroatoms. The van der Waals surface area contributed by atoms with Gasteiger partial charge in [-0.25, -0.2) is 0 Å². The second kappa shape index (κ2) is 7.57. The standard InChI is InChI=1S/C17H25NO3/c1-4-21-17(19)12-16(18-7-9-20-10-8-18)15-11-13(2)5-6-14(15)3/h5-6,11,16H,4,7-10,12H2,1-3H3. The van der Waals surface area contributed by atoms with Crippen molar-refractivity contribution >= 4 is 5.97 Å². The fourth-order valence-corrected chi connectivity index (χ4v) is 2.82. The molecule has 0 N–H and O–H groups in total. The summed E-state index contributed by atoms with van der Waals surface area (Å²) in [5, 5.41) is 0. The van der Waals surface area contributed by atoms with Gasteiger partial charge in [-0.1, -0.05) is 23.8 Å². The molecule has 1 aliphatic heterocycles. The van der Waals surface area contributed by atoms with Crippen molar-refractivity contribution < 1.29 is 14.3 Å². The minimum atomic E-state index is -0.130. The summed E-state index contributed by atoms with van der Waals surface area (Å²) in [5.74, 6) is -0.130. The number of morpholine rings is 1. The van der Waals surface area contributed by atoms with Crippen molar-refractivity contribution in [3.05, 3.63) is 34.9 Å². The molecule has 4 nitrogen and oxygen atoms in total. The molecule has 116 valence electrons. The van der Waals surface area contributed by atoms with E-state index in [9.17, 15) is 4.79 Å². The van der Waals surface area contributed by atoms with E-state index in [1.807, 2.05) is 6.92 Å². The van der Waals surface area contributed by atoms with Crippen LogP contribution in [0, 0.1) is 13.8 Å². The number of carbonyl (C=O) groups excluding carboxylic acids is 1. The zero-order valence-electron chi connectivity index (χ0n) is 13.2. The molecule has 0 spiro atoms. The van der Waals surface area contributed by atoms with Crippen LogP contribution >= 0.6 is 0 Å². The topological polar surface area (TPSA) is 38.8 Å². The van der Waals surface area contributed by atoms with Gasteiger partial charge in [-0.2, -0.15) is 0 Å². The molecule has 2 rings (SSSR count). The van der Waals surface area contributed by atoms with E-state index in [1.54, 1.807) is 0 Å². The van der Waals surface area contributed by atoms with Gasteiger partial charge in [-0.05, 0) is 31.9 Å². The fourth-order valence-electron chi connectivity index (χ4n) is 2.82. The molecule has 1 aromatic carbocycles. The second-order valence-electron chi connectivity index (χ2n) is 5.53. The summed E-state index contributed by atoms with van der Waals surface area (Å²) in [6.45, 7) is 9.64. The predicted molar refractivity (Wildman–Crippen MR) is 82.3 cm³/mol. The summed E-state index contributed by atoms with van der Waals surface area (Å²) in [4.78, 5) is 14.3. The average molecular weight is 291 g/mol. The lowest BCUT2D eigenvalue weighted by Crippen LogP contribution is -2.40. The Hall–Kier alpha value is -1.39. The molecular weight excluding hydrogens is 266 g/mol. The normalized spacial score (nSPS) is 17.5. The Balaban J connectivity index is 2.25. The summed E-state index contributed by atoms with van der Waals surface area (Å²) in [5.41, 5.74) is 3.67. The van der Waals surface area contributed by atoms with E-state index in [4.69, 9.17) is 9.47 Å². The number of esters is 1. The lowest BCUT2D eigenvalue weighted by atomic mass is 9.95. The molecular formula is C17H25NO3. The fraction of sp³-hybridized carbons (Fsp3) is 0.588. The number of aryl methyl sites for hydroxylation is 2. The van der Waals surface area contributed by atoms with Gasteiger partial charge in [-0.15, -0.1) is 0 Å². The number of rotatable bonds is 5. The highest BCUT2D eigenvalue weighted by Gasteiger charge is 2.26. The van der Waals surface area contributed by atoms with Crippen molar-refractivity contribution in [1.29, 1.82) is 0 Å². The highest BCUT2D eigenvalue weighted by atomic mass is 16.5. The molecule has 0 aliphatic carbocycles. The largest absolute Gasteiger partial charge is 0.466 e. The molecule has 1 aromatic rings. The van der Waals surface area contributed by atoms with Gasteiger partial charge < -0.3 is 9.47 Å². The molecule has 0 radical (unpaired) electrons. The van der Waals surface area contributed by atoms with Gasteiger partial charge >= 0.3 is 5.97 Å². The number of hydrogen-bond acceptors (Lipinski definition) is 4. The molecule has 1 aliphatic rings. The van der Waals surface area contributed by atoms with E-state index < -0.39 is 0 Å². The van der Waals surface area contributed by atoms with Crippen molar-refractivity contribution in [2.75, 3.05) is 32.9 Å². The van der Waals surface area contributed by atoms with E-state index in [-0.39, 0.29) is 12.0 Å². The van der Waals surface area contributed by atoms with E-state index in [0.717, 1.165) is 26.3 Å². The Morgan fingerprint density at radius 2 is 2.05 bits per heavy atom. The molecule has 0 saturated carbocycles. The maximum Gasteiger partial charge on any atom is 0.307 e. The SMILES string of the molecule is CCOC(=O)CC(c1cc(C)ccc1C)N1CCOCC1. The van der Waals surface area contributed by atoms with Crippen molar-refractivity contribution in [3.8, 4) is 0 Å². The van der Waals surface area contributed by atoms with Gasteiger partial charge in [0.2, 0.25) is 0 Å². The molecule has 1 atom stereocenters. The number of ether oxygens (including phenoxy) is 2. The van der Waals surface area contributed by atoms with E-state index in [1.165, 1.54) is 16.7 Å². The second-order valence-corrected chi connectivity index (χ2v) is 5.53. The molecule has 1 fully saturated rings. The number of carbonyl (C=O) groups is 1. The van der Waals surface area contributed by atoms with Crippen molar-refractivity contribution in [1.82, 2.24) is 4.90 Å². The highest BCUT2D eigenvalue weighted by Crippen LogP contribution is 2.29. The first-order chi connectivity index (χ1) is 10.1. The van der Waals surface area contributed by atoms with Crippen molar-refractivity contribution in [3.63, 3.8) is 0 Å². The predicted octanol–water partition coefficient (Wildman–Crippen LogP) is 2.63. The van der Waals surface area contributed by atoms with Crippen LogP contribution in [0.2, 0.25) is 0 Å². The van der Waals surface area contributed by atoms with Crippen LogP contribution in [0.5, 0.6) is 0 Å². The number of benzene rings is 1. The van der Waals surface area contributed by atoms with Crippen LogP contribution < -0.4 is 0 Å². The van der Waals surface area contributed by atoms with Gasteiger partial charge in [0.05, 0.1) is 26.2 Å². The smallest absolute Gasteiger partial charge is 0.307 e. The highest BCUT2D eigenvalue weighted by molar-refractivity contribution is 5.70. The minimum absolute atomic E-state index is 0.0767. The van der Waals surface area contributed by atoms with Crippen molar-refractivity contribution in [2.45, 2.75) is 33.2 Å². The Morgan fingerprint density at radius 1 is 1.33 bits per heavy atom. The Morgan fingerprint density at radius 3 is 2.71 bits per heavy atom.